The van der Waals surface area contributed by atoms with Crippen LogP contribution in [0, 0.1) is 23.4 Å². The van der Waals surface area contributed by atoms with Gasteiger partial charge >= 0.3 is 5.97 Å². The van der Waals surface area contributed by atoms with Crippen molar-refractivity contribution in [3.63, 3.8) is 0 Å². The topological polar surface area (TPSA) is 60.4 Å². The van der Waals surface area contributed by atoms with Gasteiger partial charge in [0.15, 0.2) is 21.5 Å². The Labute approximate surface area is 159 Å². The molecule has 0 aromatic heterocycles. The zero-order chi connectivity index (χ0) is 20.4. The van der Waals surface area contributed by atoms with Crippen LogP contribution in [0.1, 0.15) is 24.2 Å². The quantitative estimate of drug-likeness (QED) is 0.511. The summed E-state index contributed by atoms with van der Waals surface area (Å²) in [5.41, 5.74) is -0.957. The minimum atomic E-state index is -4.40. The Kier molecular flexibility index (Phi) is 6.54. The summed E-state index contributed by atoms with van der Waals surface area (Å²) in [6.07, 6.45) is -0.441. The standard InChI is InChI=1S/C18H16ClF3O4S/c1-10(9-15(23)26-2)18(16-13(20)7-8-14(21)17(16)22)27(24,25)12-5-3-11(19)4-6-12/h3-8,10,18H,9H2,1-2H3. The van der Waals surface area contributed by atoms with E-state index < -0.39 is 56.4 Å². The predicted octanol–water partition coefficient (Wildman–Crippen LogP) is 4.47. The second kappa shape index (κ2) is 8.31. The minimum Gasteiger partial charge on any atom is -0.469 e. The van der Waals surface area contributed by atoms with E-state index in [0.717, 1.165) is 7.11 Å². The van der Waals surface area contributed by atoms with Crippen molar-refractivity contribution in [2.24, 2.45) is 5.92 Å². The summed E-state index contributed by atoms with van der Waals surface area (Å²) in [4.78, 5) is 11.3. The molecule has 146 valence electrons. The Morgan fingerprint density at radius 1 is 1.07 bits per heavy atom. The highest BCUT2D eigenvalue weighted by Gasteiger charge is 2.39. The van der Waals surface area contributed by atoms with Crippen molar-refractivity contribution >= 4 is 27.4 Å². The number of halogens is 4. The van der Waals surface area contributed by atoms with Crippen molar-refractivity contribution in [2.45, 2.75) is 23.5 Å². The molecule has 0 aliphatic heterocycles. The van der Waals surface area contributed by atoms with Crippen molar-refractivity contribution in [2.75, 3.05) is 7.11 Å². The monoisotopic (exact) mass is 420 g/mol. The number of methoxy groups -OCH3 is 1. The van der Waals surface area contributed by atoms with Crippen molar-refractivity contribution < 1.29 is 31.1 Å². The first-order valence-electron chi connectivity index (χ1n) is 7.79. The molecule has 2 unspecified atom stereocenters. The molecule has 2 aromatic carbocycles. The molecule has 0 N–H and O–H groups in total. The van der Waals surface area contributed by atoms with Crippen LogP contribution in [0.3, 0.4) is 0 Å². The molecule has 0 spiro atoms. The number of hydrogen-bond acceptors (Lipinski definition) is 4. The van der Waals surface area contributed by atoms with E-state index in [1.54, 1.807) is 0 Å². The number of hydrogen-bond donors (Lipinski definition) is 0. The summed E-state index contributed by atoms with van der Waals surface area (Å²) in [7, 11) is -3.30. The van der Waals surface area contributed by atoms with E-state index in [4.69, 9.17) is 11.6 Å². The fourth-order valence-corrected chi connectivity index (χ4v) is 4.94. The normalized spacial score (nSPS) is 13.9. The Bertz CT molecular complexity index is 946. The molecule has 4 nitrogen and oxygen atoms in total. The summed E-state index contributed by atoms with van der Waals surface area (Å²) in [5.74, 6) is -6.12. The Morgan fingerprint density at radius 3 is 2.19 bits per heavy atom. The molecule has 2 rings (SSSR count). The highest BCUT2D eigenvalue weighted by molar-refractivity contribution is 7.91. The van der Waals surface area contributed by atoms with Crippen LogP contribution in [0.4, 0.5) is 13.2 Å². The van der Waals surface area contributed by atoms with Crippen LogP contribution in [-0.4, -0.2) is 21.5 Å². The molecule has 9 heteroatoms. The summed E-state index contributed by atoms with van der Waals surface area (Å²) in [6.45, 7) is 1.32. The Hall–Kier alpha value is -2.06. The summed E-state index contributed by atoms with van der Waals surface area (Å²) >= 11 is 5.75. The van der Waals surface area contributed by atoms with Gasteiger partial charge in [0.25, 0.3) is 0 Å². The molecule has 0 amide bonds. The summed E-state index contributed by atoms with van der Waals surface area (Å²) in [6, 6.07) is 6.15. The average Bonchev–Trinajstić information content (AvgIpc) is 2.61. The number of esters is 1. The zero-order valence-corrected chi connectivity index (χ0v) is 16.0. The molecule has 0 fully saturated rings. The van der Waals surface area contributed by atoms with E-state index in [-0.39, 0.29) is 9.92 Å². The van der Waals surface area contributed by atoms with E-state index in [1.165, 1.54) is 31.2 Å². The molecule has 0 bridgehead atoms. The number of rotatable bonds is 6. The van der Waals surface area contributed by atoms with Gasteiger partial charge in [-0.15, -0.1) is 0 Å². The van der Waals surface area contributed by atoms with Crippen molar-refractivity contribution in [3.8, 4) is 0 Å². The van der Waals surface area contributed by atoms with Crippen LogP contribution in [0.5, 0.6) is 0 Å². The van der Waals surface area contributed by atoms with Gasteiger partial charge in [-0.2, -0.15) is 0 Å². The van der Waals surface area contributed by atoms with Gasteiger partial charge in [-0.25, -0.2) is 21.6 Å². The fraction of sp³-hybridized carbons (Fsp3) is 0.278. The molecule has 0 aliphatic rings. The molecular weight excluding hydrogens is 405 g/mol. The molecule has 2 atom stereocenters. The second-order valence-corrected chi connectivity index (χ2v) is 8.44. The molecule has 0 saturated heterocycles. The van der Waals surface area contributed by atoms with E-state index in [9.17, 15) is 26.4 Å². The van der Waals surface area contributed by atoms with E-state index in [1.807, 2.05) is 0 Å². The first-order chi connectivity index (χ1) is 12.6. The van der Waals surface area contributed by atoms with E-state index in [0.29, 0.717) is 12.1 Å². The largest absolute Gasteiger partial charge is 0.469 e. The SMILES string of the molecule is COC(=O)CC(C)C(c1c(F)ccc(F)c1F)S(=O)(=O)c1ccc(Cl)cc1. The number of carbonyl (C=O) groups is 1. The van der Waals surface area contributed by atoms with Crippen LogP contribution >= 0.6 is 11.6 Å². The van der Waals surface area contributed by atoms with E-state index in [2.05, 4.69) is 4.74 Å². The van der Waals surface area contributed by atoms with Gasteiger partial charge < -0.3 is 4.74 Å². The van der Waals surface area contributed by atoms with Gasteiger partial charge in [0.2, 0.25) is 0 Å². The smallest absolute Gasteiger partial charge is 0.305 e. The second-order valence-electron chi connectivity index (χ2n) is 5.93. The Balaban J connectivity index is 2.69. The lowest BCUT2D eigenvalue weighted by atomic mass is 9.96. The lowest BCUT2D eigenvalue weighted by Gasteiger charge is -2.25. The molecule has 0 saturated carbocycles. The molecular formula is C18H16ClF3O4S. The predicted molar refractivity (Wildman–Crippen MR) is 93.5 cm³/mol. The lowest BCUT2D eigenvalue weighted by molar-refractivity contribution is -0.141. The first-order valence-corrected chi connectivity index (χ1v) is 9.71. The van der Waals surface area contributed by atoms with Gasteiger partial charge in [-0.3, -0.25) is 4.79 Å². The average molecular weight is 421 g/mol. The van der Waals surface area contributed by atoms with Gasteiger partial charge in [0.1, 0.15) is 5.82 Å². The molecule has 0 heterocycles. The fourth-order valence-electron chi connectivity index (χ4n) is 2.77. The Morgan fingerprint density at radius 2 is 1.63 bits per heavy atom. The number of benzene rings is 2. The maximum Gasteiger partial charge on any atom is 0.305 e. The van der Waals surface area contributed by atoms with Crippen LogP contribution < -0.4 is 0 Å². The molecule has 0 aliphatic carbocycles. The highest BCUT2D eigenvalue weighted by atomic mass is 35.5. The summed E-state index contributed by atoms with van der Waals surface area (Å²) in [5, 5.41) is -1.59. The van der Waals surface area contributed by atoms with Gasteiger partial charge in [-0.05, 0) is 42.3 Å². The van der Waals surface area contributed by atoms with Crippen LogP contribution in [0.2, 0.25) is 5.02 Å². The van der Waals surface area contributed by atoms with E-state index >= 15 is 0 Å². The molecule has 27 heavy (non-hydrogen) atoms. The lowest BCUT2D eigenvalue weighted by Crippen LogP contribution is -2.25. The molecule has 2 aromatic rings. The van der Waals surface area contributed by atoms with Gasteiger partial charge in [0.05, 0.1) is 17.3 Å². The van der Waals surface area contributed by atoms with Crippen molar-refractivity contribution in [1.82, 2.24) is 0 Å². The molecule has 0 radical (unpaired) electrons. The van der Waals surface area contributed by atoms with Crippen LogP contribution in [-0.2, 0) is 19.4 Å². The minimum absolute atomic E-state index is 0.260. The van der Waals surface area contributed by atoms with Gasteiger partial charge in [-0.1, -0.05) is 18.5 Å². The maximum absolute atomic E-state index is 14.4. The van der Waals surface area contributed by atoms with Crippen molar-refractivity contribution in [1.29, 1.82) is 0 Å². The number of sulfone groups is 1. The number of carbonyl (C=O) groups excluding carboxylic acids is 1. The van der Waals surface area contributed by atoms with Crippen molar-refractivity contribution in [3.05, 3.63) is 64.4 Å². The summed E-state index contributed by atoms with van der Waals surface area (Å²) < 4.78 is 73.2. The van der Waals surface area contributed by atoms with Crippen LogP contribution in [0.25, 0.3) is 0 Å². The third kappa shape index (κ3) is 4.44. The van der Waals surface area contributed by atoms with Crippen LogP contribution in [0.15, 0.2) is 41.3 Å². The maximum atomic E-state index is 14.4. The third-order valence-electron chi connectivity index (χ3n) is 4.07. The number of ether oxygens (including phenoxy) is 1. The first kappa shape index (κ1) is 21.2. The highest BCUT2D eigenvalue weighted by Crippen LogP contribution is 2.40. The zero-order valence-electron chi connectivity index (χ0n) is 14.4. The van der Waals surface area contributed by atoms with Gasteiger partial charge in [0, 0.05) is 17.0 Å². The third-order valence-corrected chi connectivity index (χ3v) is 6.62.